The van der Waals surface area contributed by atoms with E-state index in [9.17, 15) is 0 Å². The molecule has 0 aromatic carbocycles. The Labute approximate surface area is 99.9 Å². The predicted molar refractivity (Wildman–Crippen MR) is 69.9 cm³/mol. The fourth-order valence-electron chi connectivity index (χ4n) is 1.67. The Morgan fingerprint density at radius 1 is 1.53 bits per heavy atom. The molecule has 2 rings (SSSR count). The van der Waals surface area contributed by atoms with Gasteiger partial charge in [0.2, 0.25) is 0 Å². The third-order valence-electron chi connectivity index (χ3n) is 2.23. The molecule has 0 aliphatic carbocycles. The molecule has 3 nitrogen and oxygen atoms in total. The molecule has 5 heteroatoms. The van der Waals surface area contributed by atoms with Crippen LogP contribution in [0.3, 0.4) is 0 Å². The Bertz CT molecular complexity index is 493. The number of halogens is 1. The second-order valence-corrected chi connectivity index (χ2v) is 5.20. The molecule has 0 radical (unpaired) electrons. The zero-order valence-electron chi connectivity index (χ0n) is 8.74. The highest BCUT2D eigenvalue weighted by atomic mass is 79.9. The minimum Gasteiger partial charge on any atom is -0.317 e. The number of hydrogen-bond acceptors (Lipinski definition) is 2. The van der Waals surface area contributed by atoms with Gasteiger partial charge in [-0.3, -0.25) is 0 Å². The van der Waals surface area contributed by atoms with E-state index in [4.69, 9.17) is 0 Å². The second-order valence-electron chi connectivity index (χ2n) is 3.79. The van der Waals surface area contributed by atoms with Gasteiger partial charge in [-0.25, -0.2) is 4.98 Å². The first kappa shape index (κ1) is 11.1. The van der Waals surface area contributed by atoms with Crippen LogP contribution in [0.5, 0.6) is 0 Å². The predicted octanol–water partition coefficient (Wildman–Crippen LogP) is 2.50. The van der Waals surface area contributed by atoms with Crippen molar-refractivity contribution in [3.8, 4) is 0 Å². The van der Waals surface area contributed by atoms with Crippen LogP contribution >= 0.6 is 25.3 Å². The third-order valence-corrected chi connectivity index (χ3v) is 3.28. The van der Waals surface area contributed by atoms with E-state index in [2.05, 4.69) is 55.5 Å². The summed E-state index contributed by atoms with van der Waals surface area (Å²) in [4.78, 5) is 6.51. The number of aromatic nitrogens is 2. The Morgan fingerprint density at radius 2 is 2.27 bits per heavy atom. The summed E-state index contributed by atoms with van der Waals surface area (Å²) in [5.41, 5.74) is 2.27. The van der Waals surface area contributed by atoms with Crippen LogP contribution in [0.25, 0.3) is 11.0 Å². The molecular formula is C10H13BrN3P. The minimum absolute atomic E-state index is 0.919. The van der Waals surface area contributed by atoms with Crippen molar-refractivity contribution in [2.24, 2.45) is 0 Å². The maximum atomic E-state index is 4.36. The summed E-state index contributed by atoms with van der Waals surface area (Å²) < 4.78 is 3.09. The van der Waals surface area contributed by atoms with Crippen LogP contribution in [-0.4, -0.2) is 28.3 Å². The van der Waals surface area contributed by atoms with Gasteiger partial charge in [-0.05, 0) is 51.0 Å². The third kappa shape index (κ3) is 2.07. The summed E-state index contributed by atoms with van der Waals surface area (Å²) in [6.07, 6.45) is 3.92. The van der Waals surface area contributed by atoms with Crippen molar-refractivity contribution in [1.29, 1.82) is 0 Å². The van der Waals surface area contributed by atoms with Crippen molar-refractivity contribution in [2.45, 2.75) is 6.54 Å². The molecule has 0 fully saturated rings. The van der Waals surface area contributed by atoms with E-state index in [-0.39, 0.29) is 0 Å². The van der Waals surface area contributed by atoms with Crippen LogP contribution in [0, 0.1) is 0 Å². The average molecular weight is 286 g/mol. The van der Waals surface area contributed by atoms with Crippen molar-refractivity contribution in [2.75, 3.05) is 14.1 Å². The zero-order valence-corrected chi connectivity index (χ0v) is 11.5. The molecular weight excluding hydrogens is 273 g/mol. The number of nitrogens with zero attached hydrogens (tertiary/aromatic N) is 3. The van der Waals surface area contributed by atoms with Crippen molar-refractivity contribution in [1.82, 2.24) is 14.2 Å². The Morgan fingerprint density at radius 3 is 2.93 bits per heavy atom. The first-order valence-corrected chi connectivity index (χ1v) is 5.95. The van der Waals surface area contributed by atoms with Crippen LogP contribution < -0.4 is 0 Å². The van der Waals surface area contributed by atoms with E-state index in [1.807, 2.05) is 16.6 Å². The highest BCUT2D eigenvalue weighted by Gasteiger charge is 2.10. The first-order valence-electron chi connectivity index (χ1n) is 4.64. The molecule has 0 amide bonds. The van der Waals surface area contributed by atoms with Crippen LogP contribution in [0.1, 0.15) is 5.56 Å². The summed E-state index contributed by atoms with van der Waals surface area (Å²) in [6.45, 7) is 0.919. The van der Waals surface area contributed by atoms with Crippen LogP contribution in [-0.2, 0) is 6.54 Å². The van der Waals surface area contributed by atoms with E-state index in [0.29, 0.717) is 0 Å². The fraction of sp³-hybridized carbons (Fsp3) is 0.300. The number of fused-ring (bicyclic) bond motifs is 1. The molecule has 0 saturated carbocycles. The van der Waals surface area contributed by atoms with Crippen molar-refractivity contribution in [3.05, 3.63) is 28.5 Å². The minimum atomic E-state index is 0.919. The molecule has 0 saturated heterocycles. The van der Waals surface area contributed by atoms with E-state index in [1.54, 1.807) is 0 Å². The maximum Gasteiger partial charge on any atom is 0.144 e. The Balaban J connectivity index is 2.65. The zero-order chi connectivity index (χ0) is 11.0. The molecule has 0 N–H and O–H groups in total. The molecule has 1 atom stereocenters. The van der Waals surface area contributed by atoms with E-state index in [0.717, 1.165) is 16.7 Å². The highest BCUT2D eigenvalue weighted by Crippen LogP contribution is 2.29. The fourth-order valence-corrected chi connectivity index (χ4v) is 2.60. The molecule has 0 aliphatic heterocycles. The van der Waals surface area contributed by atoms with Crippen molar-refractivity contribution >= 4 is 36.4 Å². The summed E-state index contributed by atoms with van der Waals surface area (Å²) >= 11 is 3.57. The summed E-state index contributed by atoms with van der Waals surface area (Å²) in [7, 11) is 6.79. The molecule has 2 heterocycles. The lowest BCUT2D eigenvalue weighted by molar-refractivity contribution is 0.404. The molecule has 2 aromatic rings. The summed E-state index contributed by atoms with van der Waals surface area (Å²) in [5.74, 6) is 0. The van der Waals surface area contributed by atoms with Gasteiger partial charge in [0.1, 0.15) is 5.65 Å². The van der Waals surface area contributed by atoms with Crippen LogP contribution in [0.2, 0.25) is 0 Å². The first-order chi connectivity index (χ1) is 7.09. The Kier molecular flexibility index (Phi) is 3.10. The largest absolute Gasteiger partial charge is 0.317 e. The summed E-state index contributed by atoms with van der Waals surface area (Å²) in [5, 5.41) is 1.20. The topological polar surface area (TPSA) is 21.1 Å². The smallest absolute Gasteiger partial charge is 0.144 e. The van der Waals surface area contributed by atoms with Gasteiger partial charge >= 0.3 is 0 Å². The second kappa shape index (κ2) is 4.20. The summed E-state index contributed by atoms with van der Waals surface area (Å²) in [6, 6.07) is 1.98. The maximum absolute atomic E-state index is 4.36. The molecule has 15 heavy (non-hydrogen) atoms. The Hall–Kier alpha value is -0.440. The number of pyridine rings is 1. The van der Waals surface area contributed by atoms with Crippen molar-refractivity contribution in [3.63, 3.8) is 0 Å². The molecule has 0 bridgehead atoms. The van der Waals surface area contributed by atoms with Crippen molar-refractivity contribution < 1.29 is 0 Å². The quantitative estimate of drug-likeness (QED) is 0.791. The van der Waals surface area contributed by atoms with Crippen LogP contribution in [0.15, 0.2) is 22.9 Å². The molecule has 2 aromatic heterocycles. The molecule has 1 unspecified atom stereocenters. The lowest BCUT2D eigenvalue weighted by Gasteiger charge is -2.08. The van der Waals surface area contributed by atoms with Gasteiger partial charge in [0, 0.05) is 28.8 Å². The van der Waals surface area contributed by atoms with E-state index < -0.39 is 0 Å². The van der Waals surface area contributed by atoms with Gasteiger partial charge in [0.05, 0.1) is 0 Å². The SMILES string of the molecule is CN(C)Cc1cn(P)c2nccc(Br)c12. The number of hydrogen-bond donors (Lipinski definition) is 0. The lowest BCUT2D eigenvalue weighted by Crippen LogP contribution is -2.10. The van der Waals surface area contributed by atoms with Crippen LogP contribution in [0.4, 0.5) is 0 Å². The van der Waals surface area contributed by atoms with Gasteiger partial charge in [-0.15, -0.1) is 0 Å². The highest BCUT2D eigenvalue weighted by molar-refractivity contribution is 9.10. The van der Waals surface area contributed by atoms with Gasteiger partial charge in [-0.1, -0.05) is 0 Å². The number of rotatable bonds is 2. The normalized spacial score (nSPS) is 11.5. The molecule has 0 aliphatic rings. The average Bonchev–Trinajstić information content (AvgIpc) is 2.44. The lowest BCUT2D eigenvalue weighted by atomic mass is 10.2. The molecule has 0 spiro atoms. The monoisotopic (exact) mass is 285 g/mol. The van der Waals surface area contributed by atoms with Gasteiger partial charge < -0.3 is 9.24 Å². The molecule has 80 valence electrons. The van der Waals surface area contributed by atoms with E-state index >= 15 is 0 Å². The van der Waals surface area contributed by atoms with E-state index in [1.165, 1.54) is 10.9 Å². The standard InChI is InChI=1S/C10H13BrN3P/c1-13(2)5-7-6-14(15)10-9(7)8(11)3-4-12-10/h3-4,6H,5,15H2,1-2H3. The van der Waals surface area contributed by atoms with Gasteiger partial charge in [0.15, 0.2) is 0 Å². The van der Waals surface area contributed by atoms with Gasteiger partial charge in [-0.2, -0.15) is 0 Å². The van der Waals surface area contributed by atoms with Gasteiger partial charge in [0.25, 0.3) is 0 Å².